The number of aliphatic carboxylic acids is 1. The molecule has 1 aromatic carbocycles. The Bertz CT molecular complexity index is 556. The number of carboxylic acids is 1. The second-order valence-corrected chi connectivity index (χ2v) is 4.66. The van der Waals surface area contributed by atoms with Crippen LogP contribution in [0.15, 0.2) is 18.2 Å². The van der Waals surface area contributed by atoms with Gasteiger partial charge in [0.2, 0.25) is 5.91 Å². The molecule has 0 aliphatic rings. The van der Waals surface area contributed by atoms with Gasteiger partial charge in [0.25, 0.3) is 5.69 Å². The van der Waals surface area contributed by atoms with E-state index in [1.165, 1.54) is 26.0 Å². The van der Waals surface area contributed by atoms with E-state index in [4.69, 9.17) is 5.11 Å². The molecule has 0 aliphatic heterocycles. The Labute approximate surface area is 115 Å². The number of nitrogens with one attached hydrogen (secondary N) is 1. The van der Waals surface area contributed by atoms with Gasteiger partial charge in [-0.15, -0.1) is 0 Å². The third kappa shape index (κ3) is 3.53. The average Bonchev–Trinajstić information content (AvgIpc) is 2.38. The third-order valence-electron chi connectivity index (χ3n) is 3.23. The molecule has 0 fully saturated rings. The maximum atomic E-state index is 11.9. The highest BCUT2D eigenvalue weighted by molar-refractivity contribution is 5.95. The van der Waals surface area contributed by atoms with Gasteiger partial charge in [-0.3, -0.25) is 19.7 Å². The lowest BCUT2D eigenvalue weighted by molar-refractivity contribution is -0.385. The van der Waals surface area contributed by atoms with Crippen molar-refractivity contribution in [3.05, 3.63) is 33.9 Å². The van der Waals surface area contributed by atoms with Crippen molar-refractivity contribution >= 4 is 23.3 Å². The Hall–Kier alpha value is -2.44. The van der Waals surface area contributed by atoms with Crippen molar-refractivity contribution in [2.75, 3.05) is 5.32 Å². The molecular formula is C13H16N2O5. The molecule has 1 rings (SSSR count). The monoisotopic (exact) mass is 280 g/mol. The molecule has 0 saturated carbocycles. The number of anilines is 1. The van der Waals surface area contributed by atoms with Gasteiger partial charge in [0.15, 0.2) is 0 Å². The van der Waals surface area contributed by atoms with Crippen LogP contribution in [0.4, 0.5) is 11.4 Å². The first-order valence-electron chi connectivity index (χ1n) is 6.02. The van der Waals surface area contributed by atoms with E-state index in [0.717, 1.165) is 0 Å². The van der Waals surface area contributed by atoms with Gasteiger partial charge in [-0.25, -0.2) is 0 Å². The molecule has 7 nitrogen and oxygen atoms in total. The van der Waals surface area contributed by atoms with Crippen LogP contribution >= 0.6 is 0 Å². The highest BCUT2D eigenvalue weighted by atomic mass is 16.6. The van der Waals surface area contributed by atoms with Crippen LogP contribution in [0.25, 0.3) is 0 Å². The number of rotatable bonds is 5. The molecule has 0 heterocycles. The standard InChI is InChI=1S/C13H16N2O5/c1-7-4-5-10(6-11(7)15(19)20)14-12(16)8(2)9(3)13(17)18/h4-6,8-9H,1-3H3,(H,14,16)(H,17,18). The zero-order valence-corrected chi connectivity index (χ0v) is 11.4. The van der Waals surface area contributed by atoms with Crippen LogP contribution < -0.4 is 5.32 Å². The van der Waals surface area contributed by atoms with Gasteiger partial charge in [-0.1, -0.05) is 19.9 Å². The van der Waals surface area contributed by atoms with E-state index >= 15 is 0 Å². The van der Waals surface area contributed by atoms with Gasteiger partial charge in [0, 0.05) is 23.2 Å². The van der Waals surface area contributed by atoms with E-state index in [1.54, 1.807) is 13.0 Å². The summed E-state index contributed by atoms with van der Waals surface area (Å²) in [5.41, 5.74) is 0.665. The number of carbonyl (C=O) groups excluding carboxylic acids is 1. The summed E-state index contributed by atoms with van der Waals surface area (Å²) in [6.45, 7) is 4.53. The van der Waals surface area contributed by atoms with Crippen LogP contribution in [0, 0.1) is 28.9 Å². The smallest absolute Gasteiger partial charge is 0.307 e. The fraction of sp³-hybridized carbons (Fsp3) is 0.385. The molecule has 0 radical (unpaired) electrons. The van der Waals surface area contributed by atoms with Crippen molar-refractivity contribution in [2.24, 2.45) is 11.8 Å². The average molecular weight is 280 g/mol. The Kier molecular flexibility index (Phi) is 4.79. The molecule has 2 N–H and O–H groups in total. The molecule has 7 heteroatoms. The van der Waals surface area contributed by atoms with E-state index < -0.39 is 28.6 Å². The van der Waals surface area contributed by atoms with E-state index in [-0.39, 0.29) is 11.4 Å². The van der Waals surface area contributed by atoms with Crippen LogP contribution in [0.2, 0.25) is 0 Å². The van der Waals surface area contributed by atoms with Crippen molar-refractivity contribution in [1.82, 2.24) is 0 Å². The Morgan fingerprint density at radius 1 is 1.30 bits per heavy atom. The number of hydrogen-bond acceptors (Lipinski definition) is 4. The molecule has 0 saturated heterocycles. The van der Waals surface area contributed by atoms with Gasteiger partial charge < -0.3 is 10.4 Å². The van der Waals surface area contributed by atoms with Crippen molar-refractivity contribution in [2.45, 2.75) is 20.8 Å². The minimum Gasteiger partial charge on any atom is -0.481 e. The summed E-state index contributed by atoms with van der Waals surface area (Å²) >= 11 is 0. The first kappa shape index (κ1) is 15.6. The molecule has 0 bridgehead atoms. The number of carboxylic acid groups (broad SMARTS) is 1. The topological polar surface area (TPSA) is 110 Å². The molecule has 0 aliphatic carbocycles. The Balaban J connectivity index is 2.89. The fourth-order valence-corrected chi connectivity index (χ4v) is 1.58. The molecule has 108 valence electrons. The number of aryl methyl sites for hydroxylation is 1. The van der Waals surface area contributed by atoms with Gasteiger partial charge in [0.05, 0.1) is 10.8 Å². The fourth-order valence-electron chi connectivity index (χ4n) is 1.58. The number of amides is 1. The highest BCUT2D eigenvalue weighted by Crippen LogP contribution is 2.23. The van der Waals surface area contributed by atoms with Crippen molar-refractivity contribution in [1.29, 1.82) is 0 Å². The Morgan fingerprint density at radius 2 is 1.90 bits per heavy atom. The predicted molar refractivity (Wildman–Crippen MR) is 72.4 cm³/mol. The van der Waals surface area contributed by atoms with Crippen molar-refractivity contribution in [3.63, 3.8) is 0 Å². The zero-order chi connectivity index (χ0) is 15.4. The third-order valence-corrected chi connectivity index (χ3v) is 3.23. The highest BCUT2D eigenvalue weighted by Gasteiger charge is 2.26. The summed E-state index contributed by atoms with van der Waals surface area (Å²) in [7, 11) is 0. The van der Waals surface area contributed by atoms with E-state index in [1.807, 2.05) is 0 Å². The quantitative estimate of drug-likeness (QED) is 0.634. The molecule has 20 heavy (non-hydrogen) atoms. The van der Waals surface area contributed by atoms with Crippen LogP contribution in [0.1, 0.15) is 19.4 Å². The Morgan fingerprint density at radius 3 is 2.40 bits per heavy atom. The van der Waals surface area contributed by atoms with Crippen LogP contribution in [-0.2, 0) is 9.59 Å². The van der Waals surface area contributed by atoms with Crippen molar-refractivity contribution in [3.8, 4) is 0 Å². The molecule has 0 spiro atoms. The zero-order valence-electron chi connectivity index (χ0n) is 11.4. The van der Waals surface area contributed by atoms with Gasteiger partial charge in [0.1, 0.15) is 0 Å². The molecule has 1 amide bonds. The SMILES string of the molecule is Cc1ccc(NC(=O)C(C)C(C)C(=O)O)cc1[N+](=O)[O-]. The summed E-state index contributed by atoms with van der Waals surface area (Å²) in [5, 5.41) is 22.2. The second kappa shape index (κ2) is 6.14. The van der Waals surface area contributed by atoms with Gasteiger partial charge in [-0.05, 0) is 13.0 Å². The summed E-state index contributed by atoms with van der Waals surface area (Å²) < 4.78 is 0. The summed E-state index contributed by atoms with van der Waals surface area (Å²) in [5.74, 6) is -3.14. The maximum Gasteiger partial charge on any atom is 0.307 e. The number of nitrogens with zero attached hydrogens (tertiary/aromatic N) is 1. The van der Waals surface area contributed by atoms with E-state index in [9.17, 15) is 19.7 Å². The summed E-state index contributed by atoms with van der Waals surface area (Å²) in [6.07, 6.45) is 0. The van der Waals surface area contributed by atoms with Gasteiger partial charge in [-0.2, -0.15) is 0 Å². The normalized spacial score (nSPS) is 13.3. The molecule has 0 aromatic heterocycles. The molecule has 2 unspecified atom stereocenters. The van der Waals surface area contributed by atoms with Crippen LogP contribution in [0.5, 0.6) is 0 Å². The molecular weight excluding hydrogens is 264 g/mol. The summed E-state index contributed by atoms with van der Waals surface area (Å²) in [6, 6.07) is 4.32. The molecule has 1 aromatic rings. The minimum absolute atomic E-state index is 0.0956. The number of nitro benzene ring substituents is 1. The predicted octanol–water partition coefficient (Wildman–Crippen LogP) is 2.20. The largest absolute Gasteiger partial charge is 0.481 e. The van der Waals surface area contributed by atoms with Crippen LogP contribution in [0.3, 0.4) is 0 Å². The van der Waals surface area contributed by atoms with Gasteiger partial charge >= 0.3 is 5.97 Å². The first-order valence-corrected chi connectivity index (χ1v) is 6.02. The minimum atomic E-state index is -1.07. The number of hydrogen-bond donors (Lipinski definition) is 2. The lowest BCUT2D eigenvalue weighted by atomic mass is 9.95. The van der Waals surface area contributed by atoms with Crippen LogP contribution in [-0.4, -0.2) is 21.9 Å². The number of nitro groups is 1. The lowest BCUT2D eigenvalue weighted by Crippen LogP contribution is -2.29. The number of benzene rings is 1. The first-order chi connectivity index (χ1) is 9.23. The maximum absolute atomic E-state index is 11.9. The van der Waals surface area contributed by atoms with Crippen molar-refractivity contribution < 1.29 is 19.6 Å². The second-order valence-electron chi connectivity index (χ2n) is 4.66. The lowest BCUT2D eigenvalue weighted by Gasteiger charge is -2.15. The number of carbonyl (C=O) groups is 2. The van der Waals surface area contributed by atoms with E-state index in [2.05, 4.69) is 5.32 Å². The molecule has 2 atom stereocenters. The van der Waals surface area contributed by atoms with E-state index in [0.29, 0.717) is 5.56 Å². The summed E-state index contributed by atoms with van der Waals surface area (Å²) in [4.78, 5) is 33.0.